The van der Waals surface area contributed by atoms with Gasteiger partial charge < -0.3 is 9.26 Å². The molecule has 0 N–H and O–H groups in total. The van der Waals surface area contributed by atoms with Crippen molar-refractivity contribution in [2.45, 2.75) is 25.7 Å². The maximum Gasteiger partial charge on any atom is 0.243 e. The van der Waals surface area contributed by atoms with Gasteiger partial charge >= 0.3 is 0 Å². The summed E-state index contributed by atoms with van der Waals surface area (Å²) in [6.45, 7) is 9.06. The molecular weight excluding hydrogens is 462 g/mol. The summed E-state index contributed by atoms with van der Waals surface area (Å²) in [5, 5.41) is 4.67. The smallest absolute Gasteiger partial charge is 0.243 e. The van der Waals surface area contributed by atoms with Crippen LogP contribution >= 0.6 is 11.6 Å². The summed E-state index contributed by atoms with van der Waals surface area (Å²) in [5.74, 6) is 1.38. The Morgan fingerprint density at radius 3 is 2.36 bits per heavy atom. The van der Waals surface area contributed by atoms with Crippen LogP contribution in [0, 0.1) is 20.8 Å². The molecule has 1 fully saturated rings. The molecule has 1 saturated heterocycles. The summed E-state index contributed by atoms with van der Waals surface area (Å²) in [6, 6.07) is 12.7. The molecular formula is C24H28ClN3O4S. The zero-order chi connectivity index (χ0) is 23.6. The number of halogens is 1. The molecule has 0 unspecified atom stereocenters. The van der Waals surface area contributed by atoms with Gasteiger partial charge in [-0.2, -0.15) is 4.31 Å². The van der Waals surface area contributed by atoms with Gasteiger partial charge in [0.15, 0.2) is 5.76 Å². The molecule has 2 heterocycles. The second-order valence-corrected chi connectivity index (χ2v) is 10.6. The minimum atomic E-state index is -3.62. The van der Waals surface area contributed by atoms with Crippen LogP contribution in [0.3, 0.4) is 0 Å². The van der Waals surface area contributed by atoms with Crippen molar-refractivity contribution in [3.8, 4) is 17.1 Å². The lowest BCUT2D eigenvalue weighted by molar-refractivity contribution is 0.159. The molecule has 3 aromatic rings. The lowest BCUT2D eigenvalue weighted by Crippen LogP contribution is -2.49. The predicted octanol–water partition coefficient (Wildman–Crippen LogP) is 4.31. The summed E-state index contributed by atoms with van der Waals surface area (Å²) in [6.07, 6.45) is 0. The second kappa shape index (κ2) is 9.85. The van der Waals surface area contributed by atoms with Crippen molar-refractivity contribution >= 4 is 21.6 Å². The molecule has 0 spiro atoms. The number of sulfonamides is 1. The van der Waals surface area contributed by atoms with Crippen LogP contribution in [-0.2, 0) is 10.0 Å². The Balaban J connectivity index is 1.39. The van der Waals surface area contributed by atoms with Crippen LogP contribution in [0.5, 0.6) is 5.75 Å². The van der Waals surface area contributed by atoms with Gasteiger partial charge in [0.25, 0.3) is 0 Å². The van der Waals surface area contributed by atoms with Crippen LogP contribution in [0.4, 0.5) is 0 Å². The fraction of sp³-hybridized carbons (Fsp3) is 0.375. The van der Waals surface area contributed by atoms with Gasteiger partial charge in [0.1, 0.15) is 12.4 Å². The van der Waals surface area contributed by atoms with E-state index >= 15 is 0 Å². The molecule has 0 radical (unpaired) electrons. The lowest BCUT2D eigenvalue weighted by Gasteiger charge is -2.34. The number of benzene rings is 2. The Labute approximate surface area is 199 Å². The van der Waals surface area contributed by atoms with Crippen molar-refractivity contribution in [1.82, 2.24) is 14.4 Å². The average molecular weight is 490 g/mol. The van der Waals surface area contributed by atoms with E-state index in [1.807, 2.05) is 45.0 Å². The van der Waals surface area contributed by atoms with E-state index < -0.39 is 10.0 Å². The third kappa shape index (κ3) is 5.24. The molecule has 7 nitrogen and oxygen atoms in total. The van der Waals surface area contributed by atoms with Gasteiger partial charge in [0.2, 0.25) is 10.0 Å². The normalized spacial score (nSPS) is 15.6. The van der Waals surface area contributed by atoms with Gasteiger partial charge in [-0.1, -0.05) is 28.9 Å². The Morgan fingerprint density at radius 1 is 1.03 bits per heavy atom. The van der Waals surface area contributed by atoms with Gasteiger partial charge in [-0.05, 0) is 56.7 Å². The molecule has 1 aliphatic heterocycles. The average Bonchev–Trinajstić information content (AvgIpc) is 3.14. The standard InChI is InChI=1S/C24H28ClN3O4S/c1-17-4-5-20(24-18(2)19(3)26-32-24)16-23(17)33(29,30)28-12-10-27(11-13-28)14-15-31-22-8-6-21(25)7-9-22/h4-9,16H,10-15H2,1-3H3. The number of aromatic nitrogens is 1. The molecule has 9 heteroatoms. The van der Waals surface area contributed by atoms with Crippen LogP contribution in [0.25, 0.3) is 11.3 Å². The third-order valence-corrected chi connectivity index (χ3v) is 8.34. The fourth-order valence-corrected chi connectivity index (χ4v) is 5.66. The zero-order valence-corrected chi connectivity index (χ0v) is 20.6. The molecule has 4 rings (SSSR count). The maximum absolute atomic E-state index is 13.4. The van der Waals surface area contributed by atoms with Gasteiger partial charge in [0.05, 0.1) is 10.6 Å². The van der Waals surface area contributed by atoms with Gasteiger partial charge in [-0.25, -0.2) is 8.42 Å². The molecule has 0 saturated carbocycles. The maximum atomic E-state index is 13.4. The van der Waals surface area contributed by atoms with Crippen LogP contribution < -0.4 is 4.74 Å². The molecule has 0 aliphatic carbocycles. The highest BCUT2D eigenvalue weighted by Crippen LogP contribution is 2.30. The molecule has 176 valence electrons. The minimum Gasteiger partial charge on any atom is -0.492 e. The highest BCUT2D eigenvalue weighted by molar-refractivity contribution is 7.89. The van der Waals surface area contributed by atoms with E-state index in [0.717, 1.165) is 29.1 Å². The Hall–Kier alpha value is -2.39. The highest BCUT2D eigenvalue weighted by Gasteiger charge is 2.30. The second-order valence-electron chi connectivity index (χ2n) is 8.25. The number of hydrogen-bond donors (Lipinski definition) is 0. The van der Waals surface area contributed by atoms with Crippen LogP contribution in [0.1, 0.15) is 16.8 Å². The van der Waals surface area contributed by atoms with Crippen molar-refractivity contribution < 1.29 is 17.7 Å². The van der Waals surface area contributed by atoms with E-state index in [1.165, 1.54) is 0 Å². The SMILES string of the molecule is Cc1ccc(-c2onc(C)c2C)cc1S(=O)(=O)N1CCN(CCOc2ccc(Cl)cc2)CC1. The summed E-state index contributed by atoms with van der Waals surface area (Å²) in [5.41, 5.74) is 3.14. The first-order valence-electron chi connectivity index (χ1n) is 10.9. The highest BCUT2D eigenvalue weighted by atomic mass is 35.5. The fourth-order valence-electron chi connectivity index (χ4n) is 3.86. The Morgan fingerprint density at radius 2 is 1.73 bits per heavy atom. The Kier molecular flexibility index (Phi) is 7.09. The van der Waals surface area contributed by atoms with E-state index in [9.17, 15) is 8.42 Å². The van der Waals surface area contributed by atoms with E-state index in [1.54, 1.807) is 22.5 Å². The van der Waals surface area contributed by atoms with Crippen LogP contribution in [0.15, 0.2) is 51.9 Å². The van der Waals surface area contributed by atoms with Gasteiger partial charge in [-0.3, -0.25) is 4.90 Å². The summed E-state index contributed by atoms with van der Waals surface area (Å²) in [7, 11) is -3.62. The first kappa shape index (κ1) is 23.8. The first-order valence-corrected chi connectivity index (χ1v) is 12.7. The van der Waals surface area contributed by atoms with Gasteiger partial charge in [-0.15, -0.1) is 0 Å². The molecule has 1 aromatic heterocycles. The minimum absolute atomic E-state index is 0.313. The monoisotopic (exact) mass is 489 g/mol. The van der Waals surface area contributed by atoms with Crippen molar-refractivity contribution in [2.75, 3.05) is 39.3 Å². The van der Waals surface area contributed by atoms with E-state index in [0.29, 0.717) is 54.0 Å². The van der Waals surface area contributed by atoms with Crippen molar-refractivity contribution in [2.24, 2.45) is 0 Å². The van der Waals surface area contributed by atoms with E-state index in [4.69, 9.17) is 20.9 Å². The number of aryl methyl sites for hydroxylation is 2. The number of nitrogens with zero attached hydrogens (tertiary/aromatic N) is 3. The summed E-state index contributed by atoms with van der Waals surface area (Å²) >= 11 is 5.89. The Bertz CT molecular complexity index is 1220. The van der Waals surface area contributed by atoms with Crippen LogP contribution in [0.2, 0.25) is 5.02 Å². The molecule has 0 amide bonds. The number of piperazine rings is 1. The van der Waals surface area contributed by atoms with E-state index in [2.05, 4.69) is 10.1 Å². The number of hydrogen-bond acceptors (Lipinski definition) is 6. The van der Waals surface area contributed by atoms with Gasteiger partial charge in [0, 0.05) is 48.9 Å². The van der Waals surface area contributed by atoms with Crippen molar-refractivity contribution in [3.63, 3.8) is 0 Å². The van der Waals surface area contributed by atoms with E-state index in [-0.39, 0.29) is 0 Å². The lowest BCUT2D eigenvalue weighted by atomic mass is 10.1. The number of rotatable bonds is 7. The largest absolute Gasteiger partial charge is 0.492 e. The van der Waals surface area contributed by atoms with Crippen molar-refractivity contribution in [3.05, 3.63) is 64.3 Å². The zero-order valence-electron chi connectivity index (χ0n) is 19.0. The first-order chi connectivity index (χ1) is 15.8. The summed E-state index contributed by atoms with van der Waals surface area (Å²) in [4.78, 5) is 2.53. The molecule has 33 heavy (non-hydrogen) atoms. The van der Waals surface area contributed by atoms with Crippen molar-refractivity contribution in [1.29, 1.82) is 0 Å². The predicted molar refractivity (Wildman–Crippen MR) is 128 cm³/mol. The number of ether oxygens (including phenoxy) is 1. The molecule has 1 aliphatic rings. The molecule has 0 bridgehead atoms. The quantitative estimate of drug-likeness (QED) is 0.492. The molecule has 2 aromatic carbocycles. The molecule has 0 atom stereocenters. The summed E-state index contributed by atoms with van der Waals surface area (Å²) < 4.78 is 39.6. The third-order valence-electron chi connectivity index (χ3n) is 6.05. The topological polar surface area (TPSA) is 75.9 Å². The van der Waals surface area contributed by atoms with Crippen LogP contribution in [-0.4, -0.2) is 62.1 Å².